The number of thioether (sulfide) groups is 1. The maximum Gasteiger partial charge on any atom is 0.250 e. The topological polar surface area (TPSA) is 124 Å². The predicted molar refractivity (Wildman–Crippen MR) is 120 cm³/mol. The fraction of sp³-hybridized carbons (Fsp3) is 0.176. The minimum atomic E-state index is -0.0195. The molecule has 13 heteroatoms. The third kappa shape index (κ3) is 4.27. The number of azo groups is 2. The van der Waals surface area contributed by atoms with Gasteiger partial charge in [0.1, 0.15) is 17.1 Å². The summed E-state index contributed by atoms with van der Waals surface area (Å²) in [5.74, 6) is -0.0195. The zero-order valence-corrected chi connectivity index (χ0v) is 18.5. The van der Waals surface area contributed by atoms with E-state index in [1.54, 1.807) is 18.3 Å². The molecular weight excluding hydrogens is 442 g/mol. The second-order valence-electron chi connectivity index (χ2n) is 6.05. The normalized spacial score (nSPS) is 11.8. The van der Waals surface area contributed by atoms with Crippen LogP contribution in [0.4, 0.5) is 27.2 Å². The lowest BCUT2D eigenvalue weighted by Gasteiger charge is -2.15. The monoisotopic (exact) mass is 457 g/mol. The first-order valence-corrected chi connectivity index (χ1v) is 11.3. The molecule has 1 N–H and O–H groups in total. The number of hydrogen-bond donors (Lipinski definition) is 1. The summed E-state index contributed by atoms with van der Waals surface area (Å²) in [6, 6.07) is 6.88. The Labute approximate surface area is 183 Å². The van der Waals surface area contributed by atoms with E-state index in [0.29, 0.717) is 32.3 Å². The van der Waals surface area contributed by atoms with Crippen molar-refractivity contribution >= 4 is 73.1 Å². The molecule has 0 bridgehead atoms. The second kappa shape index (κ2) is 8.77. The number of anilines is 1. The van der Waals surface area contributed by atoms with Crippen molar-refractivity contribution in [3.8, 4) is 5.75 Å². The van der Waals surface area contributed by atoms with E-state index in [2.05, 4.69) is 39.2 Å². The zero-order valence-electron chi connectivity index (χ0n) is 16.1. The molecular formula is C17H15N9OS3. The van der Waals surface area contributed by atoms with Gasteiger partial charge in [-0.3, -0.25) is 0 Å². The second-order valence-corrected chi connectivity index (χ2v) is 8.31. The first-order valence-electron chi connectivity index (χ1n) is 8.51. The van der Waals surface area contributed by atoms with Crippen molar-refractivity contribution < 1.29 is 5.11 Å². The lowest BCUT2D eigenvalue weighted by Crippen LogP contribution is -2.08. The number of nitrogens with zero attached hydrogens (tertiary/aromatic N) is 9. The van der Waals surface area contributed by atoms with Crippen LogP contribution in [0.5, 0.6) is 5.75 Å². The fourth-order valence-electron chi connectivity index (χ4n) is 2.44. The molecule has 1 aromatic carbocycles. The molecule has 0 atom stereocenters. The first kappa shape index (κ1) is 20.3. The van der Waals surface area contributed by atoms with Crippen molar-refractivity contribution in [2.24, 2.45) is 20.5 Å². The summed E-state index contributed by atoms with van der Waals surface area (Å²) in [6.07, 6.45) is 3.57. The van der Waals surface area contributed by atoms with E-state index in [0.717, 1.165) is 5.39 Å². The van der Waals surface area contributed by atoms with Crippen molar-refractivity contribution in [1.29, 1.82) is 0 Å². The highest BCUT2D eigenvalue weighted by molar-refractivity contribution is 7.98. The van der Waals surface area contributed by atoms with Crippen LogP contribution in [-0.2, 0) is 0 Å². The number of phenols is 1. The van der Waals surface area contributed by atoms with Gasteiger partial charge in [0.2, 0.25) is 10.3 Å². The Morgan fingerprint density at radius 2 is 1.87 bits per heavy atom. The summed E-state index contributed by atoms with van der Waals surface area (Å²) < 4.78 is 8.41. The van der Waals surface area contributed by atoms with E-state index < -0.39 is 0 Å². The molecule has 0 fully saturated rings. The molecule has 0 aliphatic carbocycles. The minimum Gasteiger partial charge on any atom is -0.506 e. The Hall–Kier alpha value is -3.03. The molecule has 0 aliphatic rings. The van der Waals surface area contributed by atoms with E-state index in [4.69, 9.17) is 0 Å². The number of aromatic hydroxyl groups is 1. The van der Waals surface area contributed by atoms with E-state index in [-0.39, 0.29) is 11.4 Å². The highest BCUT2D eigenvalue weighted by Gasteiger charge is 2.12. The molecule has 152 valence electrons. The number of aromatic nitrogens is 4. The highest BCUT2D eigenvalue weighted by Crippen LogP contribution is 2.41. The number of hydrogen-bond acceptors (Lipinski definition) is 13. The van der Waals surface area contributed by atoms with E-state index in [1.807, 2.05) is 37.4 Å². The molecule has 4 aromatic rings. The summed E-state index contributed by atoms with van der Waals surface area (Å²) >= 11 is 3.80. The number of rotatable bonds is 6. The van der Waals surface area contributed by atoms with E-state index >= 15 is 0 Å². The predicted octanol–water partition coefficient (Wildman–Crippen LogP) is 5.87. The molecule has 3 heterocycles. The fourth-order valence-corrected chi connectivity index (χ4v) is 4.14. The van der Waals surface area contributed by atoms with Gasteiger partial charge in [-0.2, -0.15) is 13.7 Å². The van der Waals surface area contributed by atoms with Gasteiger partial charge in [0.25, 0.3) is 0 Å². The Bertz CT molecular complexity index is 1250. The lowest BCUT2D eigenvalue weighted by molar-refractivity contribution is 0.476. The van der Waals surface area contributed by atoms with Crippen LogP contribution < -0.4 is 4.90 Å². The van der Waals surface area contributed by atoms with Gasteiger partial charge in [-0.1, -0.05) is 11.8 Å². The molecule has 4 rings (SSSR count). The van der Waals surface area contributed by atoms with Gasteiger partial charge in [0.15, 0.2) is 10.6 Å². The van der Waals surface area contributed by atoms with Crippen molar-refractivity contribution in [3.05, 3.63) is 30.5 Å². The standard InChI is InChI=1S/C17H15N9OS3/c1-26(2)12-8-13(27)11(7-10(12)20-23-16-19-17(28-3)25-30-16)21-22-15-9-5-4-6-18-14(9)24-29-15/h4-8,27H,1-3H3/b22-21+,23-20+. The Kier molecular flexibility index (Phi) is 5.92. The van der Waals surface area contributed by atoms with E-state index in [9.17, 15) is 5.11 Å². The molecule has 30 heavy (non-hydrogen) atoms. The molecule has 0 spiro atoms. The van der Waals surface area contributed by atoms with Gasteiger partial charge in [0, 0.05) is 37.9 Å². The number of fused-ring (bicyclic) bond motifs is 1. The van der Waals surface area contributed by atoms with E-state index in [1.165, 1.54) is 34.8 Å². The van der Waals surface area contributed by atoms with Crippen LogP contribution in [0, 0.1) is 0 Å². The Morgan fingerprint density at radius 3 is 2.63 bits per heavy atom. The average molecular weight is 458 g/mol. The lowest BCUT2D eigenvalue weighted by atomic mass is 10.2. The molecule has 10 nitrogen and oxygen atoms in total. The first-order chi connectivity index (χ1) is 14.5. The van der Waals surface area contributed by atoms with Gasteiger partial charge in [-0.15, -0.1) is 20.5 Å². The summed E-state index contributed by atoms with van der Waals surface area (Å²) in [5, 5.41) is 29.8. The molecule has 3 aromatic heterocycles. The number of benzene rings is 1. The van der Waals surface area contributed by atoms with Crippen LogP contribution in [-0.4, -0.2) is 44.2 Å². The van der Waals surface area contributed by atoms with Crippen molar-refractivity contribution in [1.82, 2.24) is 18.7 Å². The van der Waals surface area contributed by atoms with Crippen LogP contribution in [0.1, 0.15) is 0 Å². The summed E-state index contributed by atoms with van der Waals surface area (Å²) in [4.78, 5) is 10.3. The molecule has 0 saturated carbocycles. The van der Waals surface area contributed by atoms with Crippen molar-refractivity contribution in [2.45, 2.75) is 5.16 Å². The van der Waals surface area contributed by atoms with Gasteiger partial charge < -0.3 is 10.0 Å². The van der Waals surface area contributed by atoms with Gasteiger partial charge in [-0.25, -0.2) is 4.98 Å². The SMILES string of the molecule is CSc1nsc(/N=N/c2cc(/N=N/c3snc4ncccc34)c(O)cc2N(C)C)n1. The van der Waals surface area contributed by atoms with Gasteiger partial charge in [0.05, 0.1) is 11.1 Å². The maximum absolute atomic E-state index is 10.4. The van der Waals surface area contributed by atoms with Crippen LogP contribution in [0.15, 0.2) is 56.1 Å². The van der Waals surface area contributed by atoms with Crippen LogP contribution in [0.25, 0.3) is 11.0 Å². The number of phenolic OH excluding ortho intramolecular Hbond substituents is 1. The highest BCUT2D eigenvalue weighted by atomic mass is 32.2. The maximum atomic E-state index is 10.4. The summed E-state index contributed by atoms with van der Waals surface area (Å²) in [7, 11) is 3.70. The van der Waals surface area contributed by atoms with Crippen LogP contribution >= 0.6 is 34.8 Å². The average Bonchev–Trinajstić information content (AvgIpc) is 3.38. The Balaban J connectivity index is 1.69. The number of pyridine rings is 1. The summed E-state index contributed by atoms with van der Waals surface area (Å²) in [5.41, 5.74) is 2.07. The largest absolute Gasteiger partial charge is 0.506 e. The zero-order chi connectivity index (χ0) is 21.1. The molecule has 0 radical (unpaired) electrons. The quantitative estimate of drug-likeness (QED) is 0.284. The molecule has 0 aliphatic heterocycles. The molecule has 0 saturated heterocycles. The molecule has 0 amide bonds. The Morgan fingerprint density at radius 1 is 1.03 bits per heavy atom. The van der Waals surface area contributed by atoms with Crippen LogP contribution in [0.3, 0.4) is 0 Å². The third-order valence-electron chi connectivity index (χ3n) is 3.86. The third-order valence-corrected chi connectivity index (χ3v) is 5.86. The molecule has 0 unspecified atom stereocenters. The van der Waals surface area contributed by atoms with Gasteiger partial charge >= 0.3 is 0 Å². The van der Waals surface area contributed by atoms with Gasteiger partial charge in [-0.05, 0) is 36.0 Å². The smallest absolute Gasteiger partial charge is 0.250 e. The minimum absolute atomic E-state index is 0.0195. The van der Waals surface area contributed by atoms with Crippen molar-refractivity contribution in [3.63, 3.8) is 0 Å². The van der Waals surface area contributed by atoms with Crippen molar-refractivity contribution in [2.75, 3.05) is 25.3 Å². The summed E-state index contributed by atoms with van der Waals surface area (Å²) in [6.45, 7) is 0. The van der Waals surface area contributed by atoms with Crippen LogP contribution in [0.2, 0.25) is 0 Å².